The van der Waals surface area contributed by atoms with Crippen LogP contribution in [0.3, 0.4) is 0 Å². The fourth-order valence-electron chi connectivity index (χ4n) is 1.33. The summed E-state index contributed by atoms with van der Waals surface area (Å²) in [6.45, 7) is 2.45. The predicted molar refractivity (Wildman–Crippen MR) is 70.3 cm³/mol. The molecule has 1 aromatic carbocycles. The molecule has 0 radical (unpaired) electrons. The Morgan fingerprint density at radius 1 is 1.37 bits per heavy atom. The molecule has 1 aromatic heterocycles. The molecule has 0 saturated carbocycles. The lowest BCUT2D eigenvalue weighted by Gasteiger charge is -2.09. The molecule has 4 nitrogen and oxygen atoms in total. The number of nitrogens with one attached hydrogen (secondary N) is 1. The van der Waals surface area contributed by atoms with Crippen LogP contribution in [0, 0.1) is 11.6 Å². The first-order valence-corrected chi connectivity index (χ1v) is 6.28. The van der Waals surface area contributed by atoms with E-state index in [0.29, 0.717) is 11.0 Å². The van der Waals surface area contributed by atoms with Crippen LogP contribution in [0.15, 0.2) is 28.9 Å². The second-order valence-corrected chi connectivity index (χ2v) is 4.41. The SMILES string of the molecule is CCNc1ncc(F)c(Oc2cc(F)ccc2Br)n1. The van der Waals surface area contributed by atoms with Crippen molar-refractivity contribution in [1.82, 2.24) is 9.97 Å². The van der Waals surface area contributed by atoms with Crippen LogP contribution in [0.25, 0.3) is 0 Å². The second kappa shape index (κ2) is 5.92. The van der Waals surface area contributed by atoms with Gasteiger partial charge in [-0.3, -0.25) is 0 Å². The van der Waals surface area contributed by atoms with Gasteiger partial charge in [-0.2, -0.15) is 9.37 Å². The molecular formula is C12H10BrF2N3O. The van der Waals surface area contributed by atoms with Gasteiger partial charge >= 0.3 is 0 Å². The van der Waals surface area contributed by atoms with E-state index in [1.807, 2.05) is 6.92 Å². The van der Waals surface area contributed by atoms with E-state index in [1.165, 1.54) is 12.1 Å². The van der Waals surface area contributed by atoms with Crippen LogP contribution in [-0.4, -0.2) is 16.5 Å². The van der Waals surface area contributed by atoms with Crippen molar-refractivity contribution in [3.8, 4) is 11.6 Å². The average Bonchev–Trinajstić information content (AvgIpc) is 2.38. The maximum Gasteiger partial charge on any atom is 0.260 e. The highest BCUT2D eigenvalue weighted by molar-refractivity contribution is 9.10. The minimum Gasteiger partial charge on any atom is -0.435 e. The monoisotopic (exact) mass is 329 g/mol. The highest BCUT2D eigenvalue weighted by atomic mass is 79.9. The van der Waals surface area contributed by atoms with Crippen LogP contribution in [0.5, 0.6) is 11.6 Å². The van der Waals surface area contributed by atoms with E-state index in [1.54, 1.807) is 0 Å². The van der Waals surface area contributed by atoms with Crippen molar-refractivity contribution in [2.24, 2.45) is 0 Å². The highest BCUT2D eigenvalue weighted by Crippen LogP contribution is 2.30. The van der Waals surface area contributed by atoms with Gasteiger partial charge in [0.05, 0.1) is 10.7 Å². The van der Waals surface area contributed by atoms with Crippen molar-refractivity contribution >= 4 is 21.9 Å². The average molecular weight is 330 g/mol. The fourth-order valence-corrected chi connectivity index (χ4v) is 1.65. The Morgan fingerprint density at radius 3 is 2.89 bits per heavy atom. The molecular weight excluding hydrogens is 320 g/mol. The standard InChI is InChI=1S/C12H10BrF2N3O/c1-2-16-12-17-6-9(15)11(18-12)19-10-5-7(14)3-4-8(10)13/h3-6H,2H2,1H3,(H,16,17,18). The van der Waals surface area contributed by atoms with Gasteiger partial charge in [0.2, 0.25) is 11.8 Å². The summed E-state index contributed by atoms with van der Waals surface area (Å²) in [6, 6.07) is 3.87. The Labute approximate surface area is 117 Å². The molecule has 0 aliphatic rings. The van der Waals surface area contributed by atoms with Gasteiger partial charge in [-0.25, -0.2) is 9.37 Å². The topological polar surface area (TPSA) is 47.0 Å². The highest BCUT2D eigenvalue weighted by Gasteiger charge is 2.12. The summed E-state index contributed by atoms with van der Waals surface area (Å²) in [5, 5.41) is 2.83. The van der Waals surface area contributed by atoms with E-state index < -0.39 is 11.6 Å². The third-order valence-corrected chi connectivity index (χ3v) is 2.80. The van der Waals surface area contributed by atoms with E-state index in [9.17, 15) is 8.78 Å². The zero-order chi connectivity index (χ0) is 13.8. The van der Waals surface area contributed by atoms with Gasteiger partial charge in [0.15, 0.2) is 0 Å². The quantitative estimate of drug-likeness (QED) is 0.928. The molecule has 2 aromatic rings. The molecule has 7 heteroatoms. The summed E-state index contributed by atoms with van der Waals surface area (Å²) in [5.74, 6) is -1.10. The first kappa shape index (κ1) is 13.7. The maximum atomic E-state index is 13.5. The van der Waals surface area contributed by atoms with Gasteiger partial charge in [-0.05, 0) is 35.0 Å². The summed E-state index contributed by atoms with van der Waals surface area (Å²) in [7, 11) is 0. The third kappa shape index (κ3) is 3.37. The van der Waals surface area contributed by atoms with E-state index in [-0.39, 0.29) is 17.6 Å². The summed E-state index contributed by atoms with van der Waals surface area (Å²) in [6.07, 6.45) is 0.994. The molecule has 2 rings (SSSR count). The van der Waals surface area contributed by atoms with Gasteiger partial charge in [0.1, 0.15) is 11.6 Å². The van der Waals surface area contributed by atoms with Crippen molar-refractivity contribution in [3.05, 3.63) is 40.5 Å². The molecule has 1 N–H and O–H groups in total. The largest absolute Gasteiger partial charge is 0.435 e. The van der Waals surface area contributed by atoms with Crippen LogP contribution < -0.4 is 10.1 Å². The number of nitrogens with zero attached hydrogens (tertiary/aromatic N) is 2. The third-order valence-electron chi connectivity index (χ3n) is 2.15. The molecule has 0 saturated heterocycles. The molecule has 0 fully saturated rings. The maximum absolute atomic E-state index is 13.5. The van der Waals surface area contributed by atoms with Crippen molar-refractivity contribution in [1.29, 1.82) is 0 Å². The number of hydrogen-bond donors (Lipinski definition) is 1. The molecule has 1 heterocycles. The lowest BCUT2D eigenvalue weighted by molar-refractivity contribution is 0.415. The molecule has 0 spiro atoms. The van der Waals surface area contributed by atoms with Gasteiger partial charge in [-0.15, -0.1) is 0 Å². The smallest absolute Gasteiger partial charge is 0.260 e. The fraction of sp³-hybridized carbons (Fsp3) is 0.167. The number of hydrogen-bond acceptors (Lipinski definition) is 4. The predicted octanol–water partition coefficient (Wildman–Crippen LogP) is 3.74. The minimum atomic E-state index is -0.724. The molecule has 100 valence electrons. The Morgan fingerprint density at radius 2 is 2.16 bits per heavy atom. The van der Waals surface area contributed by atoms with E-state index in [0.717, 1.165) is 12.3 Å². The summed E-state index contributed by atoms with van der Waals surface area (Å²) < 4.78 is 32.4. The molecule has 19 heavy (non-hydrogen) atoms. The van der Waals surface area contributed by atoms with Crippen molar-refractivity contribution in [3.63, 3.8) is 0 Å². The van der Waals surface area contributed by atoms with E-state index in [4.69, 9.17) is 4.74 Å². The van der Waals surface area contributed by atoms with Gasteiger partial charge in [-0.1, -0.05) is 0 Å². The van der Waals surface area contributed by atoms with E-state index in [2.05, 4.69) is 31.2 Å². The number of ether oxygens (including phenoxy) is 1. The Hall–Kier alpha value is -1.76. The zero-order valence-corrected chi connectivity index (χ0v) is 11.5. The number of anilines is 1. The van der Waals surface area contributed by atoms with Crippen LogP contribution in [0.2, 0.25) is 0 Å². The van der Waals surface area contributed by atoms with Crippen molar-refractivity contribution in [2.75, 3.05) is 11.9 Å². The molecule has 0 unspecified atom stereocenters. The van der Waals surface area contributed by atoms with Crippen LogP contribution >= 0.6 is 15.9 Å². The second-order valence-electron chi connectivity index (χ2n) is 3.55. The summed E-state index contributed by atoms with van der Waals surface area (Å²) in [5.41, 5.74) is 0. The first-order valence-electron chi connectivity index (χ1n) is 5.49. The Bertz CT molecular complexity index is 595. The number of benzene rings is 1. The molecule has 0 aliphatic carbocycles. The molecule has 0 aliphatic heterocycles. The minimum absolute atomic E-state index is 0.139. The van der Waals surface area contributed by atoms with Crippen molar-refractivity contribution < 1.29 is 13.5 Å². The number of aromatic nitrogens is 2. The normalized spacial score (nSPS) is 10.3. The summed E-state index contributed by atoms with van der Waals surface area (Å²) in [4.78, 5) is 7.61. The van der Waals surface area contributed by atoms with Gasteiger partial charge in [0.25, 0.3) is 5.88 Å². The lowest BCUT2D eigenvalue weighted by Crippen LogP contribution is -2.04. The molecule has 0 atom stereocenters. The molecule has 0 amide bonds. The molecule has 0 bridgehead atoms. The Balaban J connectivity index is 2.31. The number of halogens is 3. The zero-order valence-electron chi connectivity index (χ0n) is 9.95. The van der Waals surface area contributed by atoms with Crippen LogP contribution in [0.4, 0.5) is 14.7 Å². The Kier molecular flexibility index (Phi) is 4.26. The van der Waals surface area contributed by atoms with Crippen molar-refractivity contribution in [2.45, 2.75) is 6.92 Å². The summed E-state index contributed by atoms with van der Waals surface area (Å²) >= 11 is 3.19. The van der Waals surface area contributed by atoms with Gasteiger partial charge in [0, 0.05) is 12.6 Å². The van der Waals surface area contributed by atoms with Crippen LogP contribution in [-0.2, 0) is 0 Å². The van der Waals surface area contributed by atoms with E-state index >= 15 is 0 Å². The number of rotatable bonds is 4. The van der Waals surface area contributed by atoms with Gasteiger partial charge < -0.3 is 10.1 Å². The lowest BCUT2D eigenvalue weighted by atomic mass is 10.3. The first-order chi connectivity index (χ1) is 9.10. The van der Waals surface area contributed by atoms with Crippen LogP contribution in [0.1, 0.15) is 6.92 Å².